The van der Waals surface area contributed by atoms with Crippen molar-refractivity contribution in [3.05, 3.63) is 91.9 Å². The second-order valence-electron chi connectivity index (χ2n) is 1.34. The van der Waals surface area contributed by atoms with E-state index in [4.69, 9.17) is 91.9 Å². The zero-order valence-electron chi connectivity index (χ0n) is 10.6. The number of hydrogen-bond donors (Lipinski definition) is 0. The van der Waals surface area contributed by atoms with E-state index < -0.39 is 30.5 Å². The summed E-state index contributed by atoms with van der Waals surface area (Å²) < 4.78 is 0. The molecule has 0 aliphatic rings. The van der Waals surface area contributed by atoms with Crippen molar-refractivity contribution < 1.29 is 104 Å². The second-order valence-corrected chi connectivity index (χ2v) is 1.34. The van der Waals surface area contributed by atoms with E-state index in [9.17, 15) is 0 Å². The average Bonchev–Trinajstić information content (AvgIpc) is 2.08. The second kappa shape index (κ2) is 43.4. The van der Waals surface area contributed by atoms with Crippen LogP contribution in [0, 0.1) is 166 Å². The standard InChI is InChI=1S/6NO3.2Tm/c6*2-1(3)4;;/q6*-1;2*+3. The van der Waals surface area contributed by atoms with Crippen molar-refractivity contribution >= 4 is 0 Å². The van der Waals surface area contributed by atoms with E-state index in [1.807, 2.05) is 0 Å². The molecule has 0 aromatic heterocycles. The Morgan fingerprint density at radius 2 is 0.269 bits per heavy atom. The summed E-state index contributed by atoms with van der Waals surface area (Å²) in [5.41, 5.74) is 0. The molecular weight excluding hydrogens is 710 g/mol. The molecule has 0 saturated carbocycles. The number of hydrogen-bond acceptors (Lipinski definition) is 18. The van der Waals surface area contributed by atoms with Crippen LogP contribution < -0.4 is 0 Å². The van der Waals surface area contributed by atoms with Gasteiger partial charge in [-0.15, -0.1) is 0 Å². The third-order valence-corrected chi connectivity index (χ3v) is 0. The molecule has 0 N–H and O–H groups in total. The number of nitrogens with zero attached hydrogens (tertiary/aromatic N) is 6. The van der Waals surface area contributed by atoms with Crippen molar-refractivity contribution in [1.29, 1.82) is 0 Å². The number of rotatable bonds is 0. The Bertz CT molecular complexity index is 261. The van der Waals surface area contributed by atoms with Crippen molar-refractivity contribution in [3.8, 4) is 0 Å². The Morgan fingerprint density at radius 3 is 0.269 bits per heavy atom. The molecule has 0 aliphatic carbocycles. The molecule has 0 fully saturated rings. The van der Waals surface area contributed by atoms with E-state index >= 15 is 0 Å². The van der Waals surface area contributed by atoms with Gasteiger partial charge in [-0.25, -0.2) is 0 Å². The predicted molar refractivity (Wildman–Crippen MR) is 62.2 cm³/mol. The summed E-state index contributed by atoms with van der Waals surface area (Å²) in [7, 11) is 0. The van der Waals surface area contributed by atoms with Crippen molar-refractivity contribution in [3.63, 3.8) is 0 Å². The summed E-state index contributed by atoms with van der Waals surface area (Å²) in [5, 5.41) is 88.5. The fourth-order valence-corrected chi connectivity index (χ4v) is 0. The minimum Gasteiger partial charge on any atom is -0.356 e. The maximum Gasteiger partial charge on any atom is 3.00 e. The monoisotopic (exact) mass is 710 g/mol. The van der Waals surface area contributed by atoms with E-state index in [1.165, 1.54) is 0 Å². The van der Waals surface area contributed by atoms with Crippen molar-refractivity contribution in [2.75, 3.05) is 0 Å². The Kier molecular flexibility index (Phi) is 82.6. The van der Waals surface area contributed by atoms with Crippen LogP contribution in [0.25, 0.3) is 0 Å². The van der Waals surface area contributed by atoms with Gasteiger partial charge in [-0.2, -0.15) is 0 Å². The fraction of sp³-hybridized carbons (Fsp3) is 0. The largest absolute Gasteiger partial charge is 3.00 e. The van der Waals surface area contributed by atoms with Gasteiger partial charge in [0, 0.05) is 0 Å². The van der Waals surface area contributed by atoms with Crippen LogP contribution in [-0.4, -0.2) is 30.5 Å². The molecule has 0 aromatic rings. The minimum absolute atomic E-state index is 0. The van der Waals surface area contributed by atoms with E-state index in [0.717, 1.165) is 0 Å². The van der Waals surface area contributed by atoms with Gasteiger partial charge in [0.05, 0.1) is 30.5 Å². The summed E-state index contributed by atoms with van der Waals surface area (Å²) in [6.07, 6.45) is 0. The molecule has 0 bridgehead atoms. The van der Waals surface area contributed by atoms with Crippen LogP contribution >= 0.6 is 0 Å². The zero-order chi connectivity index (χ0) is 21.5. The van der Waals surface area contributed by atoms with Gasteiger partial charge in [0.1, 0.15) is 0 Å². The predicted octanol–water partition coefficient (Wildman–Crippen LogP) is -1.43. The molecule has 0 amide bonds. The molecule has 0 unspecified atom stereocenters. The maximum absolute atomic E-state index is 8.25. The molecule has 0 aliphatic heterocycles. The molecule has 0 heterocycles. The minimum atomic E-state index is -1.75. The molecule has 0 aromatic carbocycles. The van der Waals surface area contributed by atoms with Crippen molar-refractivity contribution in [2.24, 2.45) is 0 Å². The first-order chi connectivity index (χ1) is 10.4. The van der Waals surface area contributed by atoms with Crippen LogP contribution in [-0.2, 0) is 0 Å². The quantitative estimate of drug-likeness (QED) is 0.205. The summed E-state index contributed by atoms with van der Waals surface area (Å²) in [5.74, 6) is 0. The van der Waals surface area contributed by atoms with E-state index in [-0.39, 0.29) is 73.7 Å². The van der Waals surface area contributed by atoms with E-state index in [1.54, 1.807) is 0 Å². The van der Waals surface area contributed by atoms with Gasteiger partial charge in [-0.3, -0.25) is 0 Å². The van der Waals surface area contributed by atoms with Crippen LogP contribution in [0.2, 0.25) is 0 Å². The summed E-state index contributed by atoms with van der Waals surface area (Å²) in [6.45, 7) is 0. The smallest absolute Gasteiger partial charge is 0.356 e. The molecule has 26 heavy (non-hydrogen) atoms. The van der Waals surface area contributed by atoms with Gasteiger partial charge in [0.15, 0.2) is 0 Å². The molecule has 164 valence electrons. The average molecular weight is 710 g/mol. The van der Waals surface area contributed by atoms with Gasteiger partial charge in [-0.05, 0) is 0 Å². The third kappa shape index (κ3) is 1700. The molecular formula is N6O18Tm2. The first-order valence-corrected chi connectivity index (χ1v) is 3.29. The molecule has 0 saturated heterocycles. The Hall–Kier alpha value is -2.33. The Balaban J connectivity index is -0.0000000245. The third-order valence-electron chi connectivity index (χ3n) is 0. The molecule has 0 atom stereocenters. The molecule has 0 rings (SSSR count). The zero-order valence-corrected chi connectivity index (χ0v) is 14.1. The molecule has 26 heteroatoms. The van der Waals surface area contributed by atoms with Crippen LogP contribution in [0.5, 0.6) is 0 Å². The summed E-state index contributed by atoms with van der Waals surface area (Å²) in [4.78, 5) is 49.5. The summed E-state index contributed by atoms with van der Waals surface area (Å²) >= 11 is 0. The van der Waals surface area contributed by atoms with E-state index in [2.05, 4.69) is 0 Å². The van der Waals surface area contributed by atoms with Crippen LogP contribution in [0.15, 0.2) is 0 Å². The maximum atomic E-state index is 8.25. The fourth-order valence-electron chi connectivity index (χ4n) is 0. The summed E-state index contributed by atoms with van der Waals surface area (Å²) in [6, 6.07) is 0. The van der Waals surface area contributed by atoms with Crippen LogP contribution in [0.1, 0.15) is 0 Å². The topological polar surface area (TPSA) is 397 Å². The molecule has 0 radical (unpaired) electrons. The van der Waals surface area contributed by atoms with Crippen LogP contribution in [0.3, 0.4) is 0 Å². The van der Waals surface area contributed by atoms with Gasteiger partial charge >= 0.3 is 73.7 Å². The van der Waals surface area contributed by atoms with Gasteiger partial charge < -0.3 is 91.9 Å². The molecule has 24 nitrogen and oxygen atoms in total. The SMILES string of the molecule is O=[N+]([O-])[O-].O=[N+]([O-])[O-].O=[N+]([O-])[O-].O=[N+]([O-])[O-].O=[N+]([O-])[O-].O=[N+]([O-])[O-].[Tm+3].[Tm+3]. The van der Waals surface area contributed by atoms with Gasteiger partial charge in [0.25, 0.3) is 0 Å². The first kappa shape index (κ1) is 49.5. The van der Waals surface area contributed by atoms with Crippen molar-refractivity contribution in [1.82, 2.24) is 0 Å². The van der Waals surface area contributed by atoms with E-state index in [0.29, 0.717) is 0 Å². The van der Waals surface area contributed by atoms with Crippen LogP contribution in [0.4, 0.5) is 0 Å². The normalized spacial score (nSPS) is 5.54. The Labute approximate surface area is 194 Å². The Morgan fingerprint density at radius 1 is 0.269 bits per heavy atom. The van der Waals surface area contributed by atoms with Gasteiger partial charge in [-0.1, -0.05) is 0 Å². The first-order valence-electron chi connectivity index (χ1n) is 3.29. The van der Waals surface area contributed by atoms with Crippen molar-refractivity contribution in [2.45, 2.75) is 0 Å². The van der Waals surface area contributed by atoms with Gasteiger partial charge in [0.2, 0.25) is 0 Å². The molecule has 0 spiro atoms.